The van der Waals surface area contributed by atoms with Crippen LogP contribution in [-0.2, 0) is 65.4 Å². The Kier molecular flexibility index (Phi) is 59.0. The second-order valence-electron chi connectivity index (χ2n) is 25.3. The van der Waals surface area contributed by atoms with E-state index in [9.17, 15) is 43.2 Å². The molecule has 516 valence electrons. The van der Waals surface area contributed by atoms with Crippen molar-refractivity contribution in [1.29, 1.82) is 0 Å². The molecule has 0 aliphatic rings. The lowest BCUT2D eigenvalue weighted by molar-refractivity contribution is -0.161. The second kappa shape index (κ2) is 60.3. The number of phosphoric ester groups is 2. The molecule has 0 saturated carbocycles. The molecular formula is C68H132O17P2. The molecule has 17 nitrogen and oxygen atoms in total. The molecule has 0 fully saturated rings. The summed E-state index contributed by atoms with van der Waals surface area (Å²) in [6.07, 6.45) is 45.4. The normalized spacial score (nSPS) is 14.5. The van der Waals surface area contributed by atoms with Crippen molar-refractivity contribution in [1.82, 2.24) is 0 Å². The summed E-state index contributed by atoms with van der Waals surface area (Å²) in [5, 5.41) is 10.5. The number of carbonyl (C=O) groups excluding carboxylic acids is 4. The highest BCUT2D eigenvalue weighted by Gasteiger charge is 2.30. The molecule has 0 heterocycles. The first-order valence-electron chi connectivity index (χ1n) is 35.5. The zero-order valence-electron chi connectivity index (χ0n) is 56.3. The molecule has 0 radical (unpaired) electrons. The predicted octanol–water partition coefficient (Wildman–Crippen LogP) is 19.2. The summed E-state index contributed by atoms with van der Waals surface area (Å²) in [7, 11) is -9.87. The van der Waals surface area contributed by atoms with Crippen LogP contribution in [0.4, 0.5) is 0 Å². The zero-order valence-corrected chi connectivity index (χ0v) is 58.1. The van der Waals surface area contributed by atoms with Gasteiger partial charge >= 0.3 is 39.5 Å². The first kappa shape index (κ1) is 85.1. The fourth-order valence-electron chi connectivity index (χ4n) is 10.2. The highest BCUT2D eigenvalue weighted by molar-refractivity contribution is 7.47. The molecule has 0 saturated heterocycles. The van der Waals surface area contributed by atoms with Gasteiger partial charge in [0, 0.05) is 25.7 Å². The highest BCUT2D eigenvalue weighted by atomic mass is 31.2. The van der Waals surface area contributed by atoms with Crippen LogP contribution in [0.5, 0.6) is 0 Å². The molecule has 0 aliphatic heterocycles. The van der Waals surface area contributed by atoms with Crippen molar-refractivity contribution in [3.63, 3.8) is 0 Å². The van der Waals surface area contributed by atoms with Crippen LogP contribution in [-0.4, -0.2) is 96.7 Å². The molecule has 0 aliphatic carbocycles. The van der Waals surface area contributed by atoms with Crippen LogP contribution in [0.15, 0.2) is 0 Å². The van der Waals surface area contributed by atoms with Gasteiger partial charge in [0.25, 0.3) is 0 Å². The highest BCUT2D eigenvalue weighted by Crippen LogP contribution is 2.45. The van der Waals surface area contributed by atoms with E-state index in [0.717, 1.165) is 108 Å². The van der Waals surface area contributed by atoms with Gasteiger partial charge in [0.15, 0.2) is 12.2 Å². The molecule has 87 heavy (non-hydrogen) atoms. The van der Waals surface area contributed by atoms with Gasteiger partial charge in [-0.05, 0) is 37.5 Å². The Hall–Kier alpha value is -1.94. The van der Waals surface area contributed by atoms with Gasteiger partial charge in [-0.1, -0.05) is 292 Å². The molecule has 0 aromatic carbocycles. The first-order valence-corrected chi connectivity index (χ1v) is 38.5. The number of aliphatic hydroxyl groups is 1. The number of hydrogen-bond acceptors (Lipinski definition) is 15. The van der Waals surface area contributed by atoms with Crippen molar-refractivity contribution in [2.75, 3.05) is 39.6 Å². The minimum atomic E-state index is -4.95. The van der Waals surface area contributed by atoms with Crippen LogP contribution in [0.25, 0.3) is 0 Å². The van der Waals surface area contributed by atoms with E-state index in [2.05, 4.69) is 41.5 Å². The molecule has 0 aromatic heterocycles. The van der Waals surface area contributed by atoms with Gasteiger partial charge in [0.2, 0.25) is 0 Å². The predicted molar refractivity (Wildman–Crippen MR) is 349 cm³/mol. The largest absolute Gasteiger partial charge is 0.472 e. The lowest BCUT2D eigenvalue weighted by Crippen LogP contribution is -2.30. The first-order chi connectivity index (χ1) is 41.9. The van der Waals surface area contributed by atoms with Gasteiger partial charge in [-0.2, -0.15) is 0 Å². The lowest BCUT2D eigenvalue weighted by atomic mass is 9.99. The number of unbranched alkanes of at least 4 members (excludes halogenated alkanes) is 36. The summed E-state index contributed by atoms with van der Waals surface area (Å²) in [6.45, 7) is 9.42. The van der Waals surface area contributed by atoms with E-state index in [0.29, 0.717) is 25.7 Å². The van der Waals surface area contributed by atoms with Crippen molar-refractivity contribution in [3.05, 3.63) is 0 Å². The number of carbonyl (C=O) groups is 4. The van der Waals surface area contributed by atoms with E-state index in [4.69, 9.17) is 37.0 Å². The maximum atomic E-state index is 13.0. The molecule has 3 N–H and O–H groups in total. The summed E-state index contributed by atoms with van der Waals surface area (Å²) < 4.78 is 67.7. The van der Waals surface area contributed by atoms with Crippen LogP contribution in [0, 0.1) is 11.8 Å². The van der Waals surface area contributed by atoms with E-state index >= 15 is 0 Å². The summed E-state index contributed by atoms with van der Waals surface area (Å²) in [6, 6.07) is 0. The maximum absolute atomic E-state index is 13.0. The molecule has 19 heteroatoms. The number of phosphoric acid groups is 2. The molecule has 3 unspecified atom stereocenters. The fourth-order valence-corrected chi connectivity index (χ4v) is 11.8. The smallest absolute Gasteiger partial charge is 0.462 e. The Morgan fingerprint density at radius 1 is 0.333 bits per heavy atom. The van der Waals surface area contributed by atoms with Crippen LogP contribution >= 0.6 is 15.6 Å². The van der Waals surface area contributed by atoms with Crippen molar-refractivity contribution in [3.8, 4) is 0 Å². The third kappa shape index (κ3) is 61.3. The summed E-state index contributed by atoms with van der Waals surface area (Å²) >= 11 is 0. The third-order valence-electron chi connectivity index (χ3n) is 16.1. The molecular weight excluding hydrogens is 1150 g/mol. The molecule has 6 atom stereocenters. The minimum absolute atomic E-state index is 0.0988. The van der Waals surface area contributed by atoms with Crippen molar-refractivity contribution < 1.29 is 80.2 Å². The summed E-state index contributed by atoms with van der Waals surface area (Å²) in [5.74, 6) is -0.498. The Labute approximate surface area is 530 Å². The molecule has 0 spiro atoms. The van der Waals surface area contributed by atoms with Crippen molar-refractivity contribution >= 4 is 39.5 Å². The van der Waals surface area contributed by atoms with Crippen LogP contribution < -0.4 is 0 Å². The monoisotopic (exact) mass is 1280 g/mol. The Bertz CT molecular complexity index is 1700. The number of rotatable bonds is 67. The fraction of sp³-hybridized carbons (Fsp3) is 0.941. The standard InChI is InChI=1S/C68H132O17P2/c1-7-10-12-36-44-50-65(70)78-56-63(84-67(72)52-46-37-13-11-8-2)58-82-86(74,75)80-54-62(69)55-81-87(76,77)83-59-64(57-79-66(71)51-45-40-34-30-26-23-22-24-28-32-38-42-48-60(4)5)85-68(73)53-47-41-35-31-27-21-19-17-15-14-16-18-20-25-29-33-39-43-49-61(6)9-3/h60-64,69H,7-59H2,1-6H3,(H,74,75)(H,76,77)/t61?,62-,63+,64+/m0/s1. The summed E-state index contributed by atoms with van der Waals surface area (Å²) in [4.78, 5) is 71.8. The lowest BCUT2D eigenvalue weighted by Gasteiger charge is -2.21. The van der Waals surface area contributed by atoms with Crippen molar-refractivity contribution in [2.45, 2.75) is 362 Å². The van der Waals surface area contributed by atoms with Crippen molar-refractivity contribution in [2.24, 2.45) is 11.8 Å². The number of esters is 4. The van der Waals surface area contributed by atoms with E-state index in [-0.39, 0.29) is 25.7 Å². The van der Waals surface area contributed by atoms with Gasteiger partial charge in [0.1, 0.15) is 19.3 Å². The SMILES string of the molecule is CCCCCCCC(=O)OC[C@H](COP(=O)(O)OC[C@H](O)COP(=O)(O)OC[C@@H](COC(=O)CCCCCCCCCCCCCCC(C)C)OC(=O)CCCCCCCCCCCCCCCCCCCCC(C)CC)OC(=O)CCCCCCC. The van der Waals surface area contributed by atoms with E-state index in [1.807, 2.05) is 0 Å². The Balaban J connectivity index is 5.04. The Morgan fingerprint density at radius 3 is 0.874 bits per heavy atom. The number of aliphatic hydroxyl groups excluding tert-OH is 1. The van der Waals surface area contributed by atoms with Crippen LogP contribution in [0.3, 0.4) is 0 Å². The quantitative estimate of drug-likeness (QED) is 0.0222. The van der Waals surface area contributed by atoms with E-state index in [1.165, 1.54) is 154 Å². The third-order valence-corrected chi connectivity index (χ3v) is 18.0. The maximum Gasteiger partial charge on any atom is 0.472 e. The van der Waals surface area contributed by atoms with Crippen LogP contribution in [0.1, 0.15) is 343 Å². The topological polar surface area (TPSA) is 237 Å². The molecule has 0 rings (SSSR count). The Morgan fingerprint density at radius 2 is 0.586 bits per heavy atom. The average Bonchev–Trinajstić information content (AvgIpc) is 3.69. The van der Waals surface area contributed by atoms with Crippen LogP contribution in [0.2, 0.25) is 0 Å². The zero-order chi connectivity index (χ0) is 64.3. The summed E-state index contributed by atoms with van der Waals surface area (Å²) in [5.41, 5.74) is 0. The second-order valence-corrected chi connectivity index (χ2v) is 28.2. The average molecular weight is 1280 g/mol. The van der Waals surface area contributed by atoms with Gasteiger partial charge in [-0.15, -0.1) is 0 Å². The molecule has 0 amide bonds. The number of hydrogen-bond donors (Lipinski definition) is 3. The van der Waals surface area contributed by atoms with E-state index in [1.54, 1.807) is 0 Å². The molecule has 0 bridgehead atoms. The van der Waals surface area contributed by atoms with Gasteiger partial charge in [-0.3, -0.25) is 37.3 Å². The van der Waals surface area contributed by atoms with Gasteiger partial charge < -0.3 is 33.8 Å². The number of ether oxygens (including phenoxy) is 4. The van der Waals surface area contributed by atoms with Gasteiger partial charge in [-0.25, -0.2) is 9.13 Å². The van der Waals surface area contributed by atoms with E-state index < -0.39 is 97.5 Å². The molecule has 0 aromatic rings. The minimum Gasteiger partial charge on any atom is -0.462 e. The van der Waals surface area contributed by atoms with Gasteiger partial charge in [0.05, 0.1) is 26.4 Å².